The highest BCUT2D eigenvalue weighted by atomic mass is 32.2. The molecule has 2 fully saturated rings. The lowest BCUT2D eigenvalue weighted by Crippen LogP contribution is -2.57. The largest absolute Gasteiger partial charge is 0.353 e. The number of piperidine rings is 2. The van der Waals surface area contributed by atoms with Crippen LogP contribution in [0.5, 0.6) is 0 Å². The van der Waals surface area contributed by atoms with E-state index in [0.29, 0.717) is 25.9 Å². The number of hydrogen-bond donors (Lipinski definition) is 1. The molecule has 146 valence electrons. The van der Waals surface area contributed by atoms with Crippen molar-refractivity contribution < 1.29 is 13.2 Å². The van der Waals surface area contributed by atoms with Crippen molar-refractivity contribution >= 4 is 15.9 Å². The third-order valence-electron chi connectivity index (χ3n) is 5.48. The van der Waals surface area contributed by atoms with E-state index in [1.165, 1.54) is 23.6 Å². The fourth-order valence-electron chi connectivity index (χ4n) is 3.91. The molecule has 1 unspecified atom stereocenters. The maximum atomic E-state index is 12.8. The van der Waals surface area contributed by atoms with Gasteiger partial charge in [-0.2, -0.15) is 4.31 Å². The normalized spacial score (nSPS) is 24.2. The van der Waals surface area contributed by atoms with E-state index in [0.717, 1.165) is 25.9 Å². The SMILES string of the molecule is CCCS(=O)(=O)N1CCCCC1C(=O)NCC(C)(C)N1CCCCC1. The van der Waals surface area contributed by atoms with Gasteiger partial charge in [-0.05, 0) is 59.0 Å². The van der Waals surface area contributed by atoms with Crippen LogP contribution < -0.4 is 5.32 Å². The highest BCUT2D eigenvalue weighted by Gasteiger charge is 2.37. The Labute approximate surface area is 153 Å². The Morgan fingerprint density at radius 2 is 1.72 bits per heavy atom. The van der Waals surface area contributed by atoms with Crippen LogP contribution in [0.2, 0.25) is 0 Å². The molecule has 1 N–H and O–H groups in total. The molecule has 1 atom stereocenters. The lowest BCUT2D eigenvalue weighted by molar-refractivity contribution is -0.126. The molecule has 1 amide bonds. The first-order valence-corrected chi connectivity index (χ1v) is 11.4. The average molecular weight is 374 g/mol. The molecule has 2 aliphatic heterocycles. The number of rotatable bonds is 7. The zero-order chi connectivity index (χ0) is 18.5. The predicted molar refractivity (Wildman–Crippen MR) is 101 cm³/mol. The summed E-state index contributed by atoms with van der Waals surface area (Å²) in [5, 5.41) is 3.05. The van der Waals surface area contributed by atoms with Gasteiger partial charge in [-0.25, -0.2) is 8.42 Å². The summed E-state index contributed by atoms with van der Waals surface area (Å²) in [6.07, 6.45) is 6.66. The van der Waals surface area contributed by atoms with Crippen LogP contribution in [0.25, 0.3) is 0 Å². The van der Waals surface area contributed by atoms with Crippen LogP contribution in [-0.4, -0.2) is 67.0 Å². The minimum atomic E-state index is -3.34. The van der Waals surface area contributed by atoms with Gasteiger partial charge in [0.05, 0.1) is 5.75 Å². The minimum absolute atomic E-state index is 0.0993. The molecule has 0 bridgehead atoms. The van der Waals surface area contributed by atoms with Crippen LogP contribution in [0.15, 0.2) is 0 Å². The zero-order valence-electron chi connectivity index (χ0n) is 16.1. The second kappa shape index (κ2) is 8.82. The monoisotopic (exact) mass is 373 g/mol. The van der Waals surface area contributed by atoms with E-state index in [1.54, 1.807) is 0 Å². The van der Waals surface area contributed by atoms with Crippen molar-refractivity contribution in [1.82, 2.24) is 14.5 Å². The summed E-state index contributed by atoms with van der Waals surface area (Å²) in [6.45, 7) is 9.35. The van der Waals surface area contributed by atoms with Gasteiger partial charge >= 0.3 is 0 Å². The number of nitrogens with one attached hydrogen (secondary N) is 1. The molecular formula is C18H35N3O3S. The molecule has 25 heavy (non-hydrogen) atoms. The fourth-order valence-corrected chi connectivity index (χ4v) is 5.65. The van der Waals surface area contributed by atoms with Crippen molar-refractivity contribution in [2.24, 2.45) is 0 Å². The molecule has 0 radical (unpaired) electrons. The van der Waals surface area contributed by atoms with Crippen molar-refractivity contribution in [2.75, 3.05) is 31.9 Å². The van der Waals surface area contributed by atoms with Crippen molar-refractivity contribution in [3.8, 4) is 0 Å². The van der Waals surface area contributed by atoms with E-state index in [-0.39, 0.29) is 17.2 Å². The summed E-state index contributed by atoms with van der Waals surface area (Å²) in [7, 11) is -3.34. The first kappa shape index (κ1) is 20.6. The van der Waals surface area contributed by atoms with Crippen LogP contribution in [0.4, 0.5) is 0 Å². The minimum Gasteiger partial charge on any atom is -0.353 e. The van der Waals surface area contributed by atoms with Crippen LogP contribution in [-0.2, 0) is 14.8 Å². The summed E-state index contributed by atoms with van der Waals surface area (Å²) in [5.74, 6) is -0.0137. The van der Waals surface area contributed by atoms with E-state index in [4.69, 9.17) is 0 Å². The fraction of sp³-hybridized carbons (Fsp3) is 0.944. The molecule has 2 aliphatic rings. The average Bonchev–Trinajstić information content (AvgIpc) is 2.60. The highest BCUT2D eigenvalue weighted by Crippen LogP contribution is 2.23. The second-order valence-electron chi connectivity index (χ2n) is 8.02. The summed E-state index contributed by atoms with van der Waals surface area (Å²) in [5.41, 5.74) is -0.0993. The van der Waals surface area contributed by atoms with Gasteiger partial charge in [-0.1, -0.05) is 19.8 Å². The summed E-state index contributed by atoms with van der Waals surface area (Å²) >= 11 is 0. The first-order chi connectivity index (χ1) is 11.8. The Bertz CT molecular complexity index is 542. The molecule has 2 saturated heterocycles. The molecule has 0 aliphatic carbocycles. The van der Waals surface area contributed by atoms with Crippen molar-refractivity contribution in [3.63, 3.8) is 0 Å². The van der Waals surface area contributed by atoms with Gasteiger partial charge in [-0.3, -0.25) is 9.69 Å². The number of likely N-dealkylation sites (tertiary alicyclic amines) is 1. The Hall–Kier alpha value is -0.660. The summed E-state index contributed by atoms with van der Waals surface area (Å²) in [6, 6.07) is -0.539. The van der Waals surface area contributed by atoms with Gasteiger partial charge in [-0.15, -0.1) is 0 Å². The number of carbonyl (C=O) groups excluding carboxylic acids is 1. The van der Waals surface area contributed by atoms with Crippen molar-refractivity contribution in [3.05, 3.63) is 0 Å². The van der Waals surface area contributed by atoms with E-state index >= 15 is 0 Å². The number of hydrogen-bond acceptors (Lipinski definition) is 4. The van der Waals surface area contributed by atoms with E-state index in [9.17, 15) is 13.2 Å². The Morgan fingerprint density at radius 1 is 1.08 bits per heavy atom. The standard InChI is InChI=1S/C18H35N3O3S/c1-4-14-25(23,24)21-13-9-6-10-16(21)17(22)19-15-18(2,3)20-11-7-5-8-12-20/h16H,4-15H2,1-3H3,(H,19,22). The highest BCUT2D eigenvalue weighted by molar-refractivity contribution is 7.89. The van der Waals surface area contributed by atoms with Crippen LogP contribution in [0.3, 0.4) is 0 Å². The maximum absolute atomic E-state index is 12.8. The van der Waals surface area contributed by atoms with Crippen LogP contribution in [0.1, 0.15) is 65.7 Å². The predicted octanol–water partition coefficient (Wildman–Crippen LogP) is 1.96. The van der Waals surface area contributed by atoms with Gasteiger partial charge in [0, 0.05) is 18.6 Å². The second-order valence-corrected chi connectivity index (χ2v) is 10.1. The number of amides is 1. The third-order valence-corrected chi connectivity index (χ3v) is 7.56. The molecule has 0 spiro atoms. The Balaban J connectivity index is 1.97. The molecule has 2 rings (SSSR count). The van der Waals surface area contributed by atoms with Crippen LogP contribution >= 0.6 is 0 Å². The van der Waals surface area contributed by atoms with Gasteiger partial charge < -0.3 is 5.32 Å². The molecule has 0 aromatic carbocycles. The molecule has 7 heteroatoms. The van der Waals surface area contributed by atoms with Gasteiger partial charge in [0.1, 0.15) is 6.04 Å². The smallest absolute Gasteiger partial charge is 0.238 e. The first-order valence-electron chi connectivity index (χ1n) is 9.80. The molecule has 6 nitrogen and oxygen atoms in total. The summed E-state index contributed by atoms with van der Waals surface area (Å²) < 4.78 is 26.4. The zero-order valence-corrected chi connectivity index (χ0v) is 16.9. The summed E-state index contributed by atoms with van der Waals surface area (Å²) in [4.78, 5) is 15.2. The Morgan fingerprint density at radius 3 is 2.36 bits per heavy atom. The molecule has 0 aromatic heterocycles. The van der Waals surface area contributed by atoms with Crippen LogP contribution in [0, 0.1) is 0 Å². The van der Waals surface area contributed by atoms with E-state index in [1.807, 2.05) is 6.92 Å². The van der Waals surface area contributed by atoms with Crippen molar-refractivity contribution in [1.29, 1.82) is 0 Å². The topological polar surface area (TPSA) is 69.7 Å². The maximum Gasteiger partial charge on any atom is 0.238 e. The third kappa shape index (κ3) is 5.41. The van der Waals surface area contributed by atoms with Crippen molar-refractivity contribution in [2.45, 2.75) is 77.3 Å². The lowest BCUT2D eigenvalue weighted by atomic mass is 9.98. The van der Waals surface area contributed by atoms with Gasteiger partial charge in [0.2, 0.25) is 15.9 Å². The molecule has 2 heterocycles. The van der Waals surface area contributed by atoms with Gasteiger partial charge in [0.15, 0.2) is 0 Å². The number of nitrogens with zero attached hydrogens (tertiary/aromatic N) is 2. The molecular weight excluding hydrogens is 338 g/mol. The lowest BCUT2D eigenvalue weighted by Gasteiger charge is -2.41. The quantitative estimate of drug-likeness (QED) is 0.741. The number of carbonyl (C=O) groups is 1. The number of sulfonamides is 1. The van der Waals surface area contributed by atoms with E-state index < -0.39 is 16.1 Å². The molecule has 0 saturated carbocycles. The Kier molecular flexibility index (Phi) is 7.29. The molecule has 0 aromatic rings. The van der Waals surface area contributed by atoms with Gasteiger partial charge in [0.25, 0.3) is 0 Å². The van der Waals surface area contributed by atoms with E-state index in [2.05, 4.69) is 24.1 Å².